The summed E-state index contributed by atoms with van der Waals surface area (Å²) in [7, 11) is 4.14. The van der Waals surface area contributed by atoms with Crippen LogP contribution in [0.4, 0.5) is 0 Å². The molecule has 1 amide bonds. The molecule has 1 aliphatic rings. The van der Waals surface area contributed by atoms with E-state index in [2.05, 4.69) is 38.7 Å². The highest BCUT2D eigenvalue weighted by atomic mass is 32.2. The fourth-order valence-electron chi connectivity index (χ4n) is 3.22. The van der Waals surface area contributed by atoms with E-state index >= 15 is 0 Å². The van der Waals surface area contributed by atoms with Gasteiger partial charge in [-0.25, -0.2) is 9.59 Å². The van der Waals surface area contributed by atoms with Gasteiger partial charge in [-0.1, -0.05) is 11.8 Å². The van der Waals surface area contributed by atoms with Crippen molar-refractivity contribution in [2.45, 2.75) is 37.4 Å². The lowest BCUT2D eigenvalue weighted by atomic mass is 10.1. The van der Waals surface area contributed by atoms with Crippen LogP contribution in [-0.2, 0) is 20.9 Å². The number of carbonyl (C=O) groups is 3. The van der Waals surface area contributed by atoms with Crippen molar-refractivity contribution in [3.05, 3.63) is 24.5 Å². The Morgan fingerprint density at radius 3 is 2.24 bits per heavy atom. The first-order valence-corrected chi connectivity index (χ1v) is 11.6. The van der Waals surface area contributed by atoms with Crippen molar-refractivity contribution in [2.75, 3.05) is 39.5 Å². The van der Waals surface area contributed by atoms with Crippen LogP contribution in [0.2, 0.25) is 0 Å². The monoisotopic (exact) mass is 478 g/mol. The van der Waals surface area contributed by atoms with Gasteiger partial charge in [0.2, 0.25) is 5.91 Å². The number of likely N-dealkylation sites (tertiary alicyclic amines) is 1. The Labute approximate surface area is 196 Å². The molecule has 0 aromatic carbocycles. The van der Waals surface area contributed by atoms with Gasteiger partial charge in [0.05, 0.1) is 5.75 Å². The first-order chi connectivity index (χ1) is 15.8. The number of thioether (sulfide) groups is 1. The summed E-state index contributed by atoms with van der Waals surface area (Å²) in [6.07, 6.45) is 7.98. The van der Waals surface area contributed by atoms with Crippen molar-refractivity contribution >= 4 is 29.6 Å². The number of amides is 1. The molecule has 2 aromatic rings. The SMILES string of the molecule is CN(C)CCCn1c(SCC(=O)N2CCCCC2)nnc1-c1ccncc1.O=C(O)C(=O)O. The molecular formula is C21H30N6O5S. The summed E-state index contributed by atoms with van der Waals surface area (Å²) in [6.45, 7) is 3.59. The highest BCUT2D eigenvalue weighted by Gasteiger charge is 2.19. The third kappa shape index (κ3) is 8.81. The van der Waals surface area contributed by atoms with E-state index in [1.165, 1.54) is 18.2 Å². The van der Waals surface area contributed by atoms with Crippen molar-refractivity contribution in [1.29, 1.82) is 0 Å². The summed E-state index contributed by atoms with van der Waals surface area (Å²) in [5, 5.41) is 24.4. The summed E-state index contributed by atoms with van der Waals surface area (Å²) in [5.74, 6) is -2.19. The number of piperidine rings is 1. The second-order valence-corrected chi connectivity index (χ2v) is 8.63. The Hall–Kier alpha value is -2.99. The van der Waals surface area contributed by atoms with Gasteiger partial charge in [0, 0.05) is 37.6 Å². The number of carboxylic acids is 2. The number of carboxylic acid groups (broad SMARTS) is 2. The van der Waals surface area contributed by atoms with Crippen LogP contribution in [0.25, 0.3) is 11.4 Å². The van der Waals surface area contributed by atoms with Gasteiger partial charge in [-0.2, -0.15) is 0 Å². The van der Waals surface area contributed by atoms with Gasteiger partial charge in [-0.15, -0.1) is 10.2 Å². The van der Waals surface area contributed by atoms with Crippen molar-refractivity contribution in [2.24, 2.45) is 0 Å². The van der Waals surface area contributed by atoms with Crippen LogP contribution in [0, 0.1) is 0 Å². The third-order valence-corrected chi connectivity index (χ3v) is 5.81. The van der Waals surface area contributed by atoms with E-state index in [0.29, 0.717) is 5.75 Å². The summed E-state index contributed by atoms with van der Waals surface area (Å²) < 4.78 is 2.13. The van der Waals surface area contributed by atoms with Gasteiger partial charge >= 0.3 is 11.9 Å². The molecule has 3 heterocycles. The third-order valence-electron chi connectivity index (χ3n) is 4.86. The maximum atomic E-state index is 12.5. The first kappa shape index (κ1) is 26.3. The molecule has 0 radical (unpaired) electrons. The lowest BCUT2D eigenvalue weighted by molar-refractivity contribution is -0.159. The average molecular weight is 479 g/mol. The van der Waals surface area contributed by atoms with Gasteiger partial charge in [0.25, 0.3) is 0 Å². The molecule has 3 rings (SSSR count). The summed E-state index contributed by atoms with van der Waals surface area (Å²) in [5.41, 5.74) is 0.997. The Morgan fingerprint density at radius 1 is 1.03 bits per heavy atom. The fourth-order valence-corrected chi connectivity index (χ4v) is 4.08. The molecule has 12 heteroatoms. The zero-order valence-electron chi connectivity index (χ0n) is 18.9. The maximum absolute atomic E-state index is 12.5. The van der Waals surface area contributed by atoms with Gasteiger partial charge < -0.3 is 24.6 Å². The number of pyridine rings is 1. The van der Waals surface area contributed by atoms with E-state index < -0.39 is 11.9 Å². The van der Waals surface area contributed by atoms with Gasteiger partial charge in [-0.05, 0) is 58.5 Å². The number of aliphatic carboxylic acids is 2. The number of aromatic nitrogens is 4. The minimum Gasteiger partial charge on any atom is -0.473 e. The van der Waals surface area contributed by atoms with Gasteiger partial charge in [-0.3, -0.25) is 9.78 Å². The zero-order valence-corrected chi connectivity index (χ0v) is 19.7. The molecule has 1 fully saturated rings. The van der Waals surface area contributed by atoms with Crippen molar-refractivity contribution < 1.29 is 24.6 Å². The lowest BCUT2D eigenvalue weighted by Gasteiger charge is -2.26. The van der Waals surface area contributed by atoms with E-state index in [0.717, 1.165) is 62.0 Å². The molecule has 0 unspecified atom stereocenters. The number of hydrogen-bond acceptors (Lipinski definition) is 8. The van der Waals surface area contributed by atoms with E-state index in [4.69, 9.17) is 19.8 Å². The molecule has 33 heavy (non-hydrogen) atoms. The highest BCUT2D eigenvalue weighted by Crippen LogP contribution is 2.24. The predicted molar refractivity (Wildman–Crippen MR) is 123 cm³/mol. The molecule has 11 nitrogen and oxygen atoms in total. The highest BCUT2D eigenvalue weighted by molar-refractivity contribution is 7.99. The normalized spacial score (nSPS) is 13.4. The van der Waals surface area contributed by atoms with Crippen LogP contribution < -0.4 is 0 Å². The number of rotatable bonds is 8. The van der Waals surface area contributed by atoms with Crippen LogP contribution in [-0.4, -0.2) is 97.1 Å². The molecule has 0 spiro atoms. The first-order valence-electron chi connectivity index (χ1n) is 10.6. The molecule has 180 valence electrons. The molecule has 1 aliphatic heterocycles. The van der Waals surface area contributed by atoms with Crippen LogP contribution >= 0.6 is 11.8 Å². The average Bonchev–Trinajstić information content (AvgIpc) is 3.21. The standard InChI is InChI=1S/C19H28N6OS.C2H2O4/c1-23(2)11-6-14-25-18(16-7-9-20-10-8-16)21-22-19(25)27-15-17(26)24-12-4-3-5-13-24;3-1(4)2(5)6/h7-10H,3-6,11-15H2,1-2H3;(H,3,4)(H,5,6). The summed E-state index contributed by atoms with van der Waals surface area (Å²) in [4.78, 5) is 38.9. The number of carbonyl (C=O) groups excluding carboxylic acids is 1. The Bertz CT molecular complexity index is 903. The maximum Gasteiger partial charge on any atom is 0.414 e. The van der Waals surface area contributed by atoms with Crippen molar-refractivity contribution in [3.8, 4) is 11.4 Å². The van der Waals surface area contributed by atoms with Crippen molar-refractivity contribution in [3.63, 3.8) is 0 Å². The van der Waals surface area contributed by atoms with Crippen LogP contribution in [0.1, 0.15) is 25.7 Å². The Kier molecular flexibility index (Phi) is 10.8. The quantitative estimate of drug-likeness (QED) is 0.424. The summed E-state index contributed by atoms with van der Waals surface area (Å²) >= 11 is 1.49. The molecular weight excluding hydrogens is 448 g/mol. The minimum atomic E-state index is -1.82. The van der Waals surface area contributed by atoms with Crippen LogP contribution in [0.5, 0.6) is 0 Å². The van der Waals surface area contributed by atoms with Crippen molar-refractivity contribution in [1.82, 2.24) is 29.5 Å². The Morgan fingerprint density at radius 2 is 1.67 bits per heavy atom. The summed E-state index contributed by atoms with van der Waals surface area (Å²) in [6, 6.07) is 3.89. The molecule has 2 aromatic heterocycles. The predicted octanol–water partition coefficient (Wildman–Crippen LogP) is 1.55. The molecule has 1 saturated heterocycles. The van der Waals surface area contributed by atoms with E-state index in [1.807, 2.05) is 17.0 Å². The number of nitrogens with zero attached hydrogens (tertiary/aromatic N) is 6. The van der Waals surface area contributed by atoms with E-state index in [-0.39, 0.29) is 5.91 Å². The largest absolute Gasteiger partial charge is 0.473 e. The van der Waals surface area contributed by atoms with E-state index in [1.54, 1.807) is 12.4 Å². The van der Waals surface area contributed by atoms with Crippen LogP contribution in [0.15, 0.2) is 29.7 Å². The minimum absolute atomic E-state index is 0.202. The zero-order chi connectivity index (χ0) is 24.2. The fraction of sp³-hybridized carbons (Fsp3) is 0.524. The molecule has 0 saturated carbocycles. The number of hydrogen-bond donors (Lipinski definition) is 2. The lowest BCUT2D eigenvalue weighted by Crippen LogP contribution is -2.36. The Balaban J connectivity index is 0.000000569. The second kappa shape index (κ2) is 13.5. The van der Waals surface area contributed by atoms with Gasteiger partial charge in [0.15, 0.2) is 11.0 Å². The van der Waals surface area contributed by atoms with Gasteiger partial charge in [0.1, 0.15) is 0 Å². The van der Waals surface area contributed by atoms with Crippen LogP contribution in [0.3, 0.4) is 0 Å². The second-order valence-electron chi connectivity index (χ2n) is 7.69. The molecule has 0 atom stereocenters. The molecule has 0 aliphatic carbocycles. The molecule has 2 N–H and O–H groups in total. The topological polar surface area (TPSA) is 142 Å². The smallest absolute Gasteiger partial charge is 0.414 e. The van der Waals surface area contributed by atoms with E-state index in [9.17, 15) is 4.79 Å². The molecule has 0 bridgehead atoms.